The minimum Gasteiger partial charge on any atom is -0.311 e. The number of rotatable bonds is 5. The molecule has 0 spiro atoms. The summed E-state index contributed by atoms with van der Waals surface area (Å²) in [5, 5.41) is 5.53. The lowest BCUT2D eigenvalue weighted by Gasteiger charge is -2.00. The number of hydrogen-bond acceptors (Lipinski definition) is 3. The largest absolute Gasteiger partial charge is 0.311 e. The molecule has 0 fully saturated rings. The van der Waals surface area contributed by atoms with E-state index in [0.717, 1.165) is 23.8 Å². The molecule has 0 bridgehead atoms. The van der Waals surface area contributed by atoms with Gasteiger partial charge in [0.1, 0.15) is 0 Å². The van der Waals surface area contributed by atoms with Gasteiger partial charge in [-0.15, -0.1) is 22.7 Å². The zero-order valence-corrected chi connectivity index (χ0v) is 10.6. The molecule has 1 nitrogen and oxygen atoms in total. The Kier molecular flexibility index (Phi) is 4.20. The monoisotopic (exact) mass is 257 g/mol. The molecule has 15 heavy (non-hydrogen) atoms. The molecule has 2 aromatic rings. The van der Waals surface area contributed by atoms with Crippen LogP contribution in [0.25, 0.3) is 0 Å². The molecule has 0 radical (unpaired) electrons. The zero-order valence-electron chi connectivity index (χ0n) is 8.20. The first-order valence-electron chi connectivity index (χ1n) is 4.82. The second-order valence-electron chi connectivity index (χ2n) is 3.21. The second-order valence-corrected chi connectivity index (χ2v) is 6.04. The van der Waals surface area contributed by atoms with E-state index in [-0.39, 0.29) is 0 Å². The topological polar surface area (TPSA) is 12.0 Å². The molecule has 0 aliphatic carbocycles. The van der Waals surface area contributed by atoms with Crippen molar-refractivity contribution in [1.82, 2.24) is 5.32 Å². The number of hydrogen-bond donors (Lipinski definition) is 1. The molecule has 4 heteroatoms. The molecule has 2 heterocycles. The Morgan fingerprint density at radius 1 is 1.20 bits per heavy atom. The van der Waals surface area contributed by atoms with Crippen molar-refractivity contribution in [3.8, 4) is 0 Å². The molecule has 2 rings (SSSR count). The van der Waals surface area contributed by atoms with Crippen LogP contribution in [-0.2, 0) is 13.0 Å². The molecule has 0 saturated carbocycles. The van der Waals surface area contributed by atoms with Crippen LogP contribution in [0.1, 0.15) is 9.75 Å². The third-order valence-electron chi connectivity index (χ3n) is 2.06. The Balaban J connectivity index is 1.67. The van der Waals surface area contributed by atoms with E-state index in [1.54, 1.807) is 11.3 Å². The van der Waals surface area contributed by atoms with Gasteiger partial charge in [-0.05, 0) is 30.0 Å². The van der Waals surface area contributed by atoms with Crippen molar-refractivity contribution in [1.29, 1.82) is 0 Å². The van der Waals surface area contributed by atoms with E-state index in [9.17, 15) is 0 Å². The second kappa shape index (κ2) is 5.66. The van der Waals surface area contributed by atoms with Crippen molar-refractivity contribution in [3.05, 3.63) is 43.7 Å². The molecule has 0 amide bonds. The maximum absolute atomic E-state index is 5.85. The maximum Gasteiger partial charge on any atom is 0.0931 e. The Morgan fingerprint density at radius 3 is 2.80 bits per heavy atom. The Bertz CT molecular complexity index is 394. The van der Waals surface area contributed by atoms with Gasteiger partial charge >= 0.3 is 0 Å². The lowest BCUT2D eigenvalue weighted by atomic mass is 10.3. The molecule has 0 aliphatic rings. The van der Waals surface area contributed by atoms with Crippen LogP contribution in [0.15, 0.2) is 29.6 Å². The lowest BCUT2D eigenvalue weighted by molar-refractivity contribution is 0.697. The Hall–Kier alpha value is -0.350. The van der Waals surface area contributed by atoms with Gasteiger partial charge < -0.3 is 5.32 Å². The van der Waals surface area contributed by atoms with Gasteiger partial charge in [-0.25, -0.2) is 0 Å². The fraction of sp³-hybridized carbons (Fsp3) is 0.273. The first-order chi connectivity index (χ1) is 7.34. The maximum atomic E-state index is 5.85. The van der Waals surface area contributed by atoms with Gasteiger partial charge in [0.15, 0.2) is 0 Å². The van der Waals surface area contributed by atoms with Crippen LogP contribution >= 0.6 is 34.3 Å². The van der Waals surface area contributed by atoms with Crippen molar-refractivity contribution in [2.24, 2.45) is 0 Å². The summed E-state index contributed by atoms with van der Waals surface area (Å²) in [6.07, 6.45) is 1.11. The summed E-state index contributed by atoms with van der Waals surface area (Å²) >= 11 is 9.30. The highest BCUT2D eigenvalue weighted by molar-refractivity contribution is 7.16. The van der Waals surface area contributed by atoms with E-state index in [4.69, 9.17) is 11.6 Å². The smallest absolute Gasteiger partial charge is 0.0931 e. The van der Waals surface area contributed by atoms with Gasteiger partial charge in [0.05, 0.1) is 4.34 Å². The fourth-order valence-corrected chi connectivity index (χ4v) is 3.09. The summed E-state index contributed by atoms with van der Waals surface area (Å²) in [7, 11) is 0. The minimum absolute atomic E-state index is 0.866. The lowest BCUT2D eigenvalue weighted by Crippen LogP contribution is -2.15. The van der Waals surface area contributed by atoms with E-state index < -0.39 is 0 Å². The van der Waals surface area contributed by atoms with Crippen molar-refractivity contribution in [2.45, 2.75) is 13.0 Å². The molecule has 0 atom stereocenters. The van der Waals surface area contributed by atoms with Crippen LogP contribution in [0, 0.1) is 0 Å². The highest BCUT2D eigenvalue weighted by Crippen LogP contribution is 2.20. The molecule has 80 valence electrons. The predicted molar refractivity (Wildman–Crippen MR) is 69.1 cm³/mol. The van der Waals surface area contributed by atoms with Crippen LogP contribution in [0.3, 0.4) is 0 Å². The molecule has 0 unspecified atom stereocenters. The molecule has 0 aliphatic heterocycles. The zero-order chi connectivity index (χ0) is 10.5. The van der Waals surface area contributed by atoms with Crippen LogP contribution in [-0.4, -0.2) is 6.54 Å². The van der Waals surface area contributed by atoms with Crippen molar-refractivity contribution in [3.63, 3.8) is 0 Å². The van der Waals surface area contributed by atoms with E-state index in [0.29, 0.717) is 0 Å². The average Bonchev–Trinajstić information content (AvgIpc) is 2.84. The Labute approximate surface area is 103 Å². The highest BCUT2D eigenvalue weighted by atomic mass is 35.5. The highest BCUT2D eigenvalue weighted by Gasteiger charge is 1.97. The SMILES string of the molecule is Clc1ccc(CNCCc2cccs2)s1. The van der Waals surface area contributed by atoms with E-state index >= 15 is 0 Å². The van der Waals surface area contributed by atoms with Gasteiger partial charge in [0, 0.05) is 22.8 Å². The fourth-order valence-electron chi connectivity index (χ4n) is 1.32. The minimum atomic E-state index is 0.866. The van der Waals surface area contributed by atoms with Gasteiger partial charge in [-0.2, -0.15) is 0 Å². The summed E-state index contributed by atoms with van der Waals surface area (Å²) in [5.41, 5.74) is 0. The first-order valence-corrected chi connectivity index (χ1v) is 6.89. The van der Waals surface area contributed by atoms with E-state index in [1.165, 1.54) is 9.75 Å². The molecule has 0 saturated heterocycles. The van der Waals surface area contributed by atoms with Crippen LogP contribution in [0.4, 0.5) is 0 Å². The third-order valence-corrected chi connectivity index (χ3v) is 4.22. The molecular weight excluding hydrogens is 246 g/mol. The summed E-state index contributed by atoms with van der Waals surface area (Å²) < 4.78 is 0.866. The summed E-state index contributed by atoms with van der Waals surface area (Å²) in [6, 6.07) is 8.29. The van der Waals surface area contributed by atoms with Gasteiger partial charge in [-0.3, -0.25) is 0 Å². The predicted octanol–water partition coefficient (Wildman–Crippen LogP) is 3.80. The third kappa shape index (κ3) is 3.61. The first kappa shape index (κ1) is 11.1. The van der Waals surface area contributed by atoms with Crippen molar-refractivity contribution in [2.75, 3.05) is 6.54 Å². The summed E-state index contributed by atoms with van der Waals surface area (Å²) in [4.78, 5) is 2.73. The quantitative estimate of drug-likeness (QED) is 0.804. The van der Waals surface area contributed by atoms with Crippen LogP contribution in [0.5, 0.6) is 0 Å². The molecule has 1 N–H and O–H groups in total. The van der Waals surface area contributed by atoms with Gasteiger partial charge in [-0.1, -0.05) is 17.7 Å². The normalized spacial score (nSPS) is 10.7. The molecule has 0 aromatic carbocycles. The van der Waals surface area contributed by atoms with Crippen molar-refractivity contribution < 1.29 is 0 Å². The molecular formula is C11H12ClNS2. The summed E-state index contributed by atoms with van der Waals surface area (Å²) in [5.74, 6) is 0. The van der Waals surface area contributed by atoms with Crippen molar-refractivity contribution >= 4 is 34.3 Å². The Morgan fingerprint density at radius 2 is 2.13 bits per heavy atom. The number of nitrogens with one attached hydrogen (secondary N) is 1. The van der Waals surface area contributed by atoms with Crippen LogP contribution in [0.2, 0.25) is 4.34 Å². The van der Waals surface area contributed by atoms with Crippen LogP contribution < -0.4 is 5.32 Å². The number of thiophene rings is 2. The standard InChI is InChI=1S/C11H12ClNS2/c12-11-4-3-10(15-11)8-13-6-5-9-2-1-7-14-9/h1-4,7,13H,5-6,8H2. The van der Waals surface area contributed by atoms with E-state index in [2.05, 4.69) is 28.9 Å². The van der Waals surface area contributed by atoms with E-state index in [1.807, 2.05) is 17.4 Å². The average molecular weight is 258 g/mol. The summed E-state index contributed by atoms with van der Waals surface area (Å²) in [6.45, 7) is 1.94. The number of halogens is 1. The van der Waals surface area contributed by atoms with Gasteiger partial charge in [0.2, 0.25) is 0 Å². The molecule has 2 aromatic heterocycles. The van der Waals surface area contributed by atoms with Gasteiger partial charge in [0.25, 0.3) is 0 Å².